The van der Waals surface area contributed by atoms with Crippen molar-refractivity contribution in [2.75, 3.05) is 11.9 Å². The van der Waals surface area contributed by atoms with Crippen LogP contribution in [0.25, 0.3) is 11.1 Å². The normalized spacial score (nSPS) is 10.7. The van der Waals surface area contributed by atoms with E-state index in [9.17, 15) is 4.79 Å². The molecule has 1 heterocycles. The van der Waals surface area contributed by atoms with Gasteiger partial charge in [-0.05, 0) is 73.1 Å². The minimum Gasteiger partial charge on any atom is -0.484 e. The van der Waals surface area contributed by atoms with Gasteiger partial charge in [-0.2, -0.15) is 0 Å². The molecule has 0 aliphatic heterocycles. The van der Waals surface area contributed by atoms with Gasteiger partial charge in [-0.25, -0.2) is 4.98 Å². The van der Waals surface area contributed by atoms with Gasteiger partial charge in [0.05, 0.1) is 0 Å². The number of thiocarbonyl (C=S) groups is 1. The number of fused-ring (bicyclic) bond motifs is 1. The third-order valence-electron chi connectivity index (χ3n) is 5.12. The second-order valence-corrected chi connectivity index (χ2v) is 8.15. The molecule has 4 aromatic rings. The van der Waals surface area contributed by atoms with Crippen molar-refractivity contribution in [3.63, 3.8) is 0 Å². The Morgan fingerprint density at radius 2 is 1.76 bits per heavy atom. The molecule has 1 amide bonds. The summed E-state index contributed by atoms with van der Waals surface area (Å²) in [6.45, 7) is 3.99. The molecule has 0 bridgehead atoms. The third-order valence-corrected chi connectivity index (χ3v) is 5.32. The Morgan fingerprint density at radius 3 is 2.48 bits per heavy atom. The van der Waals surface area contributed by atoms with Gasteiger partial charge in [-0.1, -0.05) is 42.8 Å². The second kappa shape index (κ2) is 10.3. The molecule has 7 heteroatoms. The van der Waals surface area contributed by atoms with Crippen LogP contribution < -0.4 is 15.4 Å². The summed E-state index contributed by atoms with van der Waals surface area (Å²) < 4.78 is 11.3. The first kappa shape index (κ1) is 22.5. The molecule has 6 nitrogen and oxygen atoms in total. The first-order valence-electron chi connectivity index (χ1n) is 10.8. The van der Waals surface area contributed by atoms with Gasteiger partial charge in [0.2, 0.25) is 0 Å². The Kier molecular flexibility index (Phi) is 7.00. The predicted octanol–water partition coefficient (Wildman–Crippen LogP) is 5.18. The summed E-state index contributed by atoms with van der Waals surface area (Å²) in [6.07, 6.45) is 1.56. The van der Waals surface area contributed by atoms with Crippen LogP contribution in [0.2, 0.25) is 0 Å². The number of aryl methyl sites for hydroxylation is 2. The van der Waals surface area contributed by atoms with Gasteiger partial charge in [0.1, 0.15) is 11.3 Å². The second-order valence-electron chi connectivity index (χ2n) is 7.74. The molecule has 3 aromatic carbocycles. The van der Waals surface area contributed by atoms with Crippen molar-refractivity contribution >= 4 is 40.0 Å². The van der Waals surface area contributed by atoms with Crippen LogP contribution in [0.5, 0.6) is 5.75 Å². The van der Waals surface area contributed by atoms with Crippen molar-refractivity contribution in [2.45, 2.75) is 26.7 Å². The highest BCUT2D eigenvalue weighted by Crippen LogP contribution is 2.20. The Morgan fingerprint density at radius 1 is 1.03 bits per heavy atom. The number of anilines is 1. The summed E-state index contributed by atoms with van der Waals surface area (Å²) in [4.78, 5) is 16.7. The number of ether oxygens (including phenoxy) is 1. The standard InChI is InChI=1S/C26H25N3O3S/c1-3-18-8-13-23-22(14-18)28-25(32-23)15-19-6-9-20(10-7-19)27-26(33)29-24(30)16-31-21-11-4-17(2)5-12-21/h4-14H,3,15-16H2,1-2H3,(H2,27,29,30,33). The Labute approximate surface area is 198 Å². The summed E-state index contributed by atoms with van der Waals surface area (Å²) in [5, 5.41) is 5.84. The lowest BCUT2D eigenvalue weighted by atomic mass is 10.1. The average molecular weight is 460 g/mol. The molecule has 33 heavy (non-hydrogen) atoms. The molecule has 0 aliphatic carbocycles. The minimum atomic E-state index is -0.327. The summed E-state index contributed by atoms with van der Waals surface area (Å²) in [5.74, 6) is 0.983. The first-order valence-corrected chi connectivity index (χ1v) is 11.2. The van der Waals surface area contributed by atoms with Gasteiger partial charge in [-0.15, -0.1) is 0 Å². The summed E-state index contributed by atoms with van der Waals surface area (Å²) in [7, 11) is 0. The fourth-order valence-electron chi connectivity index (χ4n) is 3.31. The summed E-state index contributed by atoms with van der Waals surface area (Å²) >= 11 is 5.23. The molecule has 0 radical (unpaired) electrons. The van der Waals surface area contributed by atoms with E-state index < -0.39 is 0 Å². The van der Waals surface area contributed by atoms with Gasteiger partial charge in [-0.3, -0.25) is 10.1 Å². The van der Waals surface area contributed by atoms with Crippen molar-refractivity contribution in [1.29, 1.82) is 0 Å². The maximum absolute atomic E-state index is 12.1. The van der Waals surface area contributed by atoms with Crippen LogP contribution in [0.15, 0.2) is 71.1 Å². The number of benzene rings is 3. The Bertz CT molecular complexity index is 1260. The summed E-state index contributed by atoms with van der Waals surface area (Å²) in [6, 6.07) is 21.3. The van der Waals surface area contributed by atoms with Crippen molar-refractivity contribution in [3.05, 3.63) is 89.3 Å². The van der Waals surface area contributed by atoms with Gasteiger partial charge >= 0.3 is 0 Å². The fourth-order valence-corrected chi connectivity index (χ4v) is 3.54. The van der Waals surface area contributed by atoms with E-state index in [0.29, 0.717) is 18.1 Å². The largest absolute Gasteiger partial charge is 0.484 e. The summed E-state index contributed by atoms with van der Waals surface area (Å²) in [5.41, 5.74) is 5.88. The van der Waals surface area contributed by atoms with Crippen LogP contribution in [0.1, 0.15) is 29.5 Å². The smallest absolute Gasteiger partial charge is 0.264 e. The van der Waals surface area contributed by atoms with Crippen molar-refractivity contribution in [3.8, 4) is 5.75 Å². The maximum Gasteiger partial charge on any atom is 0.264 e. The van der Waals surface area contributed by atoms with E-state index >= 15 is 0 Å². The van der Waals surface area contributed by atoms with Crippen LogP contribution in [0.3, 0.4) is 0 Å². The third kappa shape index (κ3) is 6.17. The number of aromatic nitrogens is 1. The lowest BCUT2D eigenvalue weighted by Crippen LogP contribution is -2.37. The number of nitrogens with zero attached hydrogens (tertiary/aromatic N) is 1. The minimum absolute atomic E-state index is 0.117. The number of rotatable bonds is 7. The average Bonchev–Trinajstić information content (AvgIpc) is 3.21. The Balaban J connectivity index is 1.27. The van der Waals surface area contributed by atoms with E-state index in [0.717, 1.165) is 34.3 Å². The van der Waals surface area contributed by atoms with E-state index in [1.165, 1.54) is 5.56 Å². The quantitative estimate of drug-likeness (QED) is 0.371. The predicted molar refractivity (Wildman–Crippen MR) is 134 cm³/mol. The lowest BCUT2D eigenvalue weighted by molar-refractivity contribution is -0.121. The van der Waals surface area contributed by atoms with Gasteiger partial charge in [0.25, 0.3) is 5.91 Å². The molecule has 0 saturated carbocycles. The molecule has 0 spiro atoms. The zero-order valence-corrected chi connectivity index (χ0v) is 19.4. The highest BCUT2D eigenvalue weighted by atomic mass is 32.1. The number of nitrogens with one attached hydrogen (secondary N) is 2. The molecule has 168 valence electrons. The fraction of sp³-hybridized carbons (Fsp3) is 0.192. The molecule has 0 saturated heterocycles. The van der Waals surface area contributed by atoms with Gasteiger partial charge in [0.15, 0.2) is 23.2 Å². The van der Waals surface area contributed by atoms with Crippen LogP contribution in [0.4, 0.5) is 5.69 Å². The number of hydrogen-bond donors (Lipinski definition) is 2. The molecule has 0 fully saturated rings. The number of carbonyl (C=O) groups excluding carboxylic acids is 1. The highest BCUT2D eigenvalue weighted by molar-refractivity contribution is 7.80. The first-order chi connectivity index (χ1) is 16.0. The molecular weight excluding hydrogens is 434 g/mol. The monoisotopic (exact) mass is 459 g/mol. The number of carbonyl (C=O) groups is 1. The van der Waals surface area contributed by atoms with Crippen LogP contribution in [-0.2, 0) is 17.6 Å². The van der Waals surface area contributed by atoms with E-state index in [-0.39, 0.29) is 17.6 Å². The van der Waals surface area contributed by atoms with E-state index in [4.69, 9.17) is 21.4 Å². The molecule has 0 unspecified atom stereocenters. The zero-order valence-electron chi connectivity index (χ0n) is 18.6. The molecular formula is C26H25N3O3S. The van der Waals surface area contributed by atoms with Crippen LogP contribution in [0, 0.1) is 6.92 Å². The molecule has 0 atom stereocenters. The Hall–Kier alpha value is -3.71. The van der Waals surface area contributed by atoms with Gasteiger partial charge < -0.3 is 14.5 Å². The number of amides is 1. The van der Waals surface area contributed by atoms with Gasteiger partial charge in [0, 0.05) is 12.1 Å². The van der Waals surface area contributed by atoms with Crippen molar-refractivity contribution in [2.24, 2.45) is 0 Å². The maximum atomic E-state index is 12.1. The molecule has 4 rings (SSSR count). The van der Waals surface area contributed by atoms with Crippen molar-refractivity contribution in [1.82, 2.24) is 10.3 Å². The highest BCUT2D eigenvalue weighted by Gasteiger charge is 2.09. The zero-order chi connectivity index (χ0) is 23.2. The van der Waals surface area contributed by atoms with Crippen LogP contribution in [-0.4, -0.2) is 22.6 Å². The van der Waals surface area contributed by atoms with E-state index in [1.54, 1.807) is 0 Å². The van der Waals surface area contributed by atoms with E-state index in [1.807, 2.05) is 61.5 Å². The topological polar surface area (TPSA) is 76.4 Å². The SMILES string of the molecule is CCc1ccc2oc(Cc3ccc(NC(=S)NC(=O)COc4ccc(C)cc4)cc3)nc2c1. The molecule has 2 N–H and O–H groups in total. The van der Waals surface area contributed by atoms with Crippen molar-refractivity contribution < 1.29 is 13.9 Å². The number of hydrogen-bond acceptors (Lipinski definition) is 5. The molecule has 1 aromatic heterocycles. The number of oxazole rings is 1. The lowest BCUT2D eigenvalue weighted by Gasteiger charge is -2.11. The molecule has 0 aliphatic rings. The van der Waals surface area contributed by atoms with E-state index in [2.05, 4.69) is 34.7 Å². The van der Waals surface area contributed by atoms with Crippen LogP contribution >= 0.6 is 12.2 Å².